The van der Waals surface area contributed by atoms with Gasteiger partial charge in [0.05, 0.1) is 11.4 Å². The van der Waals surface area contributed by atoms with Crippen LogP contribution in [0, 0.1) is 20.8 Å². The van der Waals surface area contributed by atoms with Crippen LogP contribution in [0.25, 0.3) is 0 Å². The average Bonchev–Trinajstić information content (AvgIpc) is 2.46. The van der Waals surface area contributed by atoms with E-state index in [0.717, 1.165) is 5.69 Å². The summed E-state index contributed by atoms with van der Waals surface area (Å²) in [5, 5.41) is 0.0699. The van der Waals surface area contributed by atoms with Gasteiger partial charge in [-0.05, 0) is 50.8 Å². The fourth-order valence-electron chi connectivity index (χ4n) is 2.82. The van der Waals surface area contributed by atoms with Gasteiger partial charge in [0.25, 0.3) is 0 Å². The van der Waals surface area contributed by atoms with E-state index >= 15 is 0 Å². The summed E-state index contributed by atoms with van der Waals surface area (Å²) in [6.45, 7) is 15.8. The van der Waals surface area contributed by atoms with Crippen molar-refractivity contribution in [2.24, 2.45) is 4.99 Å². The molecule has 0 aliphatic rings. The standard InChI is InChI=1S/C21H28NP/c1-15-13-16(2)19(17(3)14-15)22-20(21(4,5)23(6)7)18-11-9-8-10-12-18/h8-14H,1-7H3. The van der Waals surface area contributed by atoms with E-state index in [9.17, 15) is 0 Å². The van der Waals surface area contributed by atoms with E-state index in [4.69, 9.17) is 4.99 Å². The molecule has 0 saturated carbocycles. The largest absolute Gasteiger partial charge is 0.251 e. The van der Waals surface area contributed by atoms with Crippen molar-refractivity contribution in [3.63, 3.8) is 0 Å². The number of rotatable bonds is 4. The third-order valence-corrected chi connectivity index (χ3v) is 7.05. The average molecular weight is 325 g/mol. The molecule has 1 nitrogen and oxygen atoms in total. The van der Waals surface area contributed by atoms with Crippen LogP contribution in [0.15, 0.2) is 47.5 Å². The van der Waals surface area contributed by atoms with Gasteiger partial charge in [-0.3, -0.25) is 4.99 Å². The van der Waals surface area contributed by atoms with E-state index in [1.807, 2.05) is 0 Å². The van der Waals surface area contributed by atoms with Gasteiger partial charge in [0.1, 0.15) is 0 Å². The van der Waals surface area contributed by atoms with Crippen LogP contribution in [0.4, 0.5) is 5.69 Å². The topological polar surface area (TPSA) is 12.4 Å². The van der Waals surface area contributed by atoms with Crippen molar-refractivity contribution in [1.82, 2.24) is 0 Å². The SMILES string of the molecule is Cc1cc(C)c(N=C(c2ccccc2)C(C)(C)P(C)C)c(C)c1. The Morgan fingerprint density at radius 2 is 1.43 bits per heavy atom. The molecule has 0 amide bonds. The summed E-state index contributed by atoms with van der Waals surface area (Å²) >= 11 is 0. The van der Waals surface area contributed by atoms with E-state index in [-0.39, 0.29) is 13.1 Å². The normalized spacial score (nSPS) is 12.8. The summed E-state index contributed by atoms with van der Waals surface area (Å²) in [5.41, 5.74) is 7.36. The summed E-state index contributed by atoms with van der Waals surface area (Å²) in [5.74, 6) is 0. The fraction of sp³-hybridized carbons (Fsp3) is 0.381. The van der Waals surface area contributed by atoms with E-state index in [2.05, 4.69) is 90.4 Å². The fourth-order valence-corrected chi connectivity index (χ4v) is 3.43. The monoisotopic (exact) mass is 325 g/mol. The molecule has 2 heteroatoms. The van der Waals surface area contributed by atoms with E-state index < -0.39 is 0 Å². The summed E-state index contributed by atoms with van der Waals surface area (Å²) in [7, 11) is -0.159. The molecule has 0 spiro atoms. The van der Waals surface area contributed by atoms with Gasteiger partial charge < -0.3 is 0 Å². The molecule has 0 bridgehead atoms. The molecule has 0 radical (unpaired) electrons. The maximum Gasteiger partial charge on any atom is 0.0692 e. The first-order valence-electron chi connectivity index (χ1n) is 8.13. The van der Waals surface area contributed by atoms with Crippen molar-refractivity contribution in [3.05, 3.63) is 64.7 Å². The summed E-state index contributed by atoms with van der Waals surface area (Å²) in [6.07, 6.45) is 0. The number of benzene rings is 2. The van der Waals surface area contributed by atoms with E-state index in [1.165, 1.54) is 28.0 Å². The smallest absolute Gasteiger partial charge is 0.0692 e. The third kappa shape index (κ3) is 3.90. The van der Waals surface area contributed by atoms with Crippen molar-refractivity contribution in [2.75, 3.05) is 13.3 Å². The van der Waals surface area contributed by atoms with Gasteiger partial charge in [-0.2, -0.15) is 0 Å². The molecule has 2 aromatic rings. The lowest BCUT2D eigenvalue weighted by Crippen LogP contribution is -2.30. The molecule has 0 unspecified atom stereocenters. The zero-order valence-corrected chi connectivity index (χ0v) is 16.3. The summed E-state index contributed by atoms with van der Waals surface area (Å²) in [6, 6.07) is 15.1. The highest BCUT2D eigenvalue weighted by atomic mass is 31.1. The first kappa shape index (κ1) is 17.9. The highest BCUT2D eigenvalue weighted by molar-refractivity contribution is 7.58. The molecule has 23 heavy (non-hydrogen) atoms. The van der Waals surface area contributed by atoms with Crippen molar-refractivity contribution in [2.45, 2.75) is 39.8 Å². The maximum atomic E-state index is 5.19. The Morgan fingerprint density at radius 1 is 0.913 bits per heavy atom. The second-order valence-electron chi connectivity index (χ2n) is 7.03. The van der Waals surface area contributed by atoms with Gasteiger partial charge in [-0.15, -0.1) is 7.92 Å². The van der Waals surface area contributed by atoms with Crippen LogP contribution < -0.4 is 0 Å². The molecule has 122 valence electrons. The highest BCUT2D eigenvalue weighted by Gasteiger charge is 2.30. The van der Waals surface area contributed by atoms with Gasteiger partial charge >= 0.3 is 0 Å². The van der Waals surface area contributed by atoms with Crippen LogP contribution in [0.5, 0.6) is 0 Å². The third-order valence-electron chi connectivity index (χ3n) is 4.60. The Kier molecular flexibility index (Phi) is 5.42. The van der Waals surface area contributed by atoms with Gasteiger partial charge in [0.2, 0.25) is 0 Å². The minimum absolute atomic E-state index is 0.0699. The van der Waals surface area contributed by atoms with Gasteiger partial charge in [-0.1, -0.05) is 61.9 Å². The summed E-state index contributed by atoms with van der Waals surface area (Å²) in [4.78, 5) is 5.19. The van der Waals surface area contributed by atoms with E-state index in [1.54, 1.807) is 0 Å². The lowest BCUT2D eigenvalue weighted by Gasteiger charge is -2.32. The first-order chi connectivity index (χ1) is 10.7. The van der Waals surface area contributed by atoms with Crippen molar-refractivity contribution < 1.29 is 0 Å². The minimum Gasteiger partial charge on any atom is -0.251 e. The van der Waals surface area contributed by atoms with Crippen LogP contribution in [0.2, 0.25) is 0 Å². The predicted molar refractivity (Wildman–Crippen MR) is 106 cm³/mol. The van der Waals surface area contributed by atoms with Crippen LogP contribution in [0.3, 0.4) is 0 Å². The molecule has 0 N–H and O–H groups in total. The van der Waals surface area contributed by atoms with E-state index in [0.29, 0.717) is 0 Å². The molecule has 0 heterocycles. The molecule has 2 aromatic carbocycles. The Labute approximate surface area is 142 Å². The molecule has 0 fully saturated rings. The zero-order valence-electron chi connectivity index (χ0n) is 15.4. The number of hydrogen-bond donors (Lipinski definition) is 0. The minimum atomic E-state index is -0.159. The first-order valence-corrected chi connectivity index (χ1v) is 10.4. The zero-order chi connectivity index (χ0) is 17.2. The molecule has 0 aliphatic heterocycles. The molecular formula is C21H28NP. The van der Waals surface area contributed by atoms with Crippen LogP contribution in [-0.4, -0.2) is 24.2 Å². The van der Waals surface area contributed by atoms with Crippen LogP contribution in [-0.2, 0) is 0 Å². The molecule has 2 rings (SSSR count). The van der Waals surface area contributed by atoms with Gasteiger partial charge in [-0.25, -0.2) is 0 Å². The Hall–Kier alpha value is -1.46. The lowest BCUT2D eigenvalue weighted by molar-refractivity contribution is 0.932. The molecule has 0 saturated heterocycles. The number of aliphatic imine (C=N–C) groups is 1. The van der Waals surface area contributed by atoms with Crippen molar-refractivity contribution >= 4 is 19.3 Å². The molecule has 0 atom stereocenters. The highest BCUT2D eigenvalue weighted by Crippen LogP contribution is 2.45. The number of nitrogens with zero attached hydrogens (tertiary/aromatic N) is 1. The second kappa shape index (κ2) is 6.97. The van der Waals surface area contributed by atoms with Crippen LogP contribution in [0.1, 0.15) is 36.1 Å². The lowest BCUT2D eigenvalue weighted by atomic mass is 9.98. The Balaban J connectivity index is 2.69. The van der Waals surface area contributed by atoms with Crippen molar-refractivity contribution in [3.8, 4) is 0 Å². The van der Waals surface area contributed by atoms with Crippen molar-refractivity contribution in [1.29, 1.82) is 0 Å². The number of hydrogen-bond acceptors (Lipinski definition) is 1. The van der Waals surface area contributed by atoms with Gasteiger partial charge in [0, 0.05) is 5.16 Å². The predicted octanol–water partition coefficient (Wildman–Crippen LogP) is 6.25. The number of aryl methyl sites for hydroxylation is 3. The Morgan fingerprint density at radius 3 is 1.91 bits per heavy atom. The molecule has 0 aliphatic carbocycles. The summed E-state index contributed by atoms with van der Waals surface area (Å²) < 4.78 is 0. The maximum absolute atomic E-state index is 5.19. The quantitative estimate of drug-likeness (QED) is 0.465. The molecular weight excluding hydrogens is 297 g/mol. The van der Waals surface area contributed by atoms with Gasteiger partial charge in [0.15, 0.2) is 0 Å². The second-order valence-corrected chi connectivity index (χ2v) is 9.93. The van der Waals surface area contributed by atoms with Crippen LogP contribution >= 0.6 is 7.92 Å². The molecule has 0 aromatic heterocycles. The Bertz CT molecular complexity index is 689.